The molecule has 2 aromatic rings. The molecule has 2 heterocycles. The van der Waals surface area contributed by atoms with Gasteiger partial charge in [-0.1, -0.05) is 41.9 Å². The molecule has 25 heavy (non-hydrogen) atoms. The Morgan fingerprint density at radius 2 is 1.80 bits per heavy atom. The monoisotopic (exact) mass is 355 g/mol. The first-order chi connectivity index (χ1) is 12.1. The van der Waals surface area contributed by atoms with Crippen LogP contribution in [-0.2, 0) is 4.79 Å². The van der Waals surface area contributed by atoms with Crippen LogP contribution in [0.2, 0.25) is 5.02 Å². The molecule has 0 amide bonds. The van der Waals surface area contributed by atoms with Crippen molar-refractivity contribution in [1.82, 2.24) is 4.90 Å². The highest BCUT2D eigenvalue weighted by atomic mass is 35.5. The van der Waals surface area contributed by atoms with Crippen molar-refractivity contribution in [2.45, 2.75) is 37.3 Å². The van der Waals surface area contributed by atoms with Crippen LogP contribution in [0.3, 0.4) is 0 Å². The molecule has 2 aliphatic rings. The zero-order valence-corrected chi connectivity index (χ0v) is 15.0. The van der Waals surface area contributed by atoms with Gasteiger partial charge in [0.05, 0.1) is 5.92 Å². The number of carbonyl (C=O) groups excluding carboxylic acids is 1. The maximum absolute atomic E-state index is 13.1. The van der Waals surface area contributed by atoms with Crippen LogP contribution < -0.4 is 4.74 Å². The van der Waals surface area contributed by atoms with Crippen LogP contribution in [0.1, 0.15) is 30.7 Å². The van der Waals surface area contributed by atoms with E-state index in [0.717, 1.165) is 24.3 Å². The lowest BCUT2D eigenvalue weighted by molar-refractivity contribution is -0.143. The van der Waals surface area contributed by atoms with Crippen LogP contribution in [0.5, 0.6) is 5.75 Å². The van der Waals surface area contributed by atoms with Gasteiger partial charge in [-0.3, -0.25) is 9.69 Å². The average molecular weight is 356 g/mol. The molecule has 4 atom stereocenters. The first-order valence-corrected chi connectivity index (χ1v) is 9.25. The summed E-state index contributed by atoms with van der Waals surface area (Å²) in [6.45, 7) is 0. The lowest BCUT2D eigenvalue weighted by Crippen LogP contribution is -2.49. The van der Waals surface area contributed by atoms with Gasteiger partial charge in [0.1, 0.15) is 5.75 Å². The van der Waals surface area contributed by atoms with Crippen LogP contribution in [-0.4, -0.2) is 30.0 Å². The van der Waals surface area contributed by atoms with Gasteiger partial charge in [0.25, 0.3) is 0 Å². The largest absolute Gasteiger partial charge is 0.426 e. The predicted octanol–water partition coefficient (Wildman–Crippen LogP) is 4.51. The van der Waals surface area contributed by atoms with Gasteiger partial charge < -0.3 is 4.74 Å². The fraction of sp³-hybridized carbons (Fsp3) is 0.381. The van der Waals surface area contributed by atoms with Crippen molar-refractivity contribution in [3.63, 3.8) is 0 Å². The van der Waals surface area contributed by atoms with Crippen molar-refractivity contribution >= 4 is 17.6 Å². The normalized spacial score (nSPS) is 28.7. The van der Waals surface area contributed by atoms with E-state index in [2.05, 4.69) is 24.1 Å². The highest BCUT2D eigenvalue weighted by Crippen LogP contribution is 2.46. The number of rotatable bonds is 3. The van der Waals surface area contributed by atoms with E-state index in [-0.39, 0.29) is 23.8 Å². The van der Waals surface area contributed by atoms with Gasteiger partial charge in [-0.15, -0.1) is 0 Å². The first-order valence-electron chi connectivity index (χ1n) is 8.87. The minimum absolute atomic E-state index is 0.122. The number of nitrogens with zero attached hydrogens (tertiary/aromatic N) is 1. The molecular weight excluding hydrogens is 334 g/mol. The summed E-state index contributed by atoms with van der Waals surface area (Å²) in [4.78, 5) is 15.5. The molecule has 130 valence electrons. The van der Waals surface area contributed by atoms with Crippen LogP contribution in [0, 0.1) is 5.92 Å². The molecule has 2 aromatic carbocycles. The fourth-order valence-electron chi connectivity index (χ4n) is 4.51. The number of ether oxygens (including phenoxy) is 1. The van der Waals surface area contributed by atoms with Crippen LogP contribution >= 0.6 is 11.6 Å². The van der Waals surface area contributed by atoms with Crippen LogP contribution in [0.25, 0.3) is 0 Å². The molecule has 3 nitrogen and oxygen atoms in total. The SMILES string of the molecule is CN1C2CC[C@@H]1CC(c1ccc(Cl)cc1)[C@@H]2C(=O)Oc1ccccc1. The van der Waals surface area contributed by atoms with Gasteiger partial charge in [-0.25, -0.2) is 0 Å². The third kappa shape index (κ3) is 3.19. The maximum Gasteiger partial charge on any atom is 0.316 e. The Morgan fingerprint density at radius 1 is 1.08 bits per heavy atom. The zero-order chi connectivity index (χ0) is 17.4. The molecule has 2 fully saturated rings. The van der Waals surface area contributed by atoms with Crippen molar-refractivity contribution in [2.75, 3.05) is 7.05 Å². The molecule has 2 saturated heterocycles. The molecule has 2 unspecified atom stereocenters. The minimum Gasteiger partial charge on any atom is -0.426 e. The van der Waals surface area contributed by atoms with Crippen LogP contribution in [0.15, 0.2) is 54.6 Å². The number of hydrogen-bond donors (Lipinski definition) is 0. The predicted molar refractivity (Wildman–Crippen MR) is 99.0 cm³/mol. The summed E-state index contributed by atoms with van der Waals surface area (Å²) in [5, 5.41) is 0.725. The van der Waals surface area contributed by atoms with E-state index in [9.17, 15) is 4.79 Å². The summed E-state index contributed by atoms with van der Waals surface area (Å²) in [6, 6.07) is 18.1. The molecule has 0 N–H and O–H groups in total. The summed E-state index contributed by atoms with van der Waals surface area (Å²) >= 11 is 6.05. The third-order valence-corrected chi connectivity index (χ3v) is 6.05. The summed E-state index contributed by atoms with van der Waals surface area (Å²) in [5.41, 5.74) is 1.18. The molecule has 0 radical (unpaired) electrons. The Labute approximate surface area is 153 Å². The number of para-hydroxylation sites is 1. The van der Waals surface area contributed by atoms with Crippen LogP contribution in [0.4, 0.5) is 0 Å². The molecule has 2 aliphatic heterocycles. The van der Waals surface area contributed by atoms with E-state index in [1.54, 1.807) is 0 Å². The summed E-state index contributed by atoms with van der Waals surface area (Å²) in [5.74, 6) is 0.529. The van der Waals surface area contributed by atoms with Crippen molar-refractivity contribution in [1.29, 1.82) is 0 Å². The second-order valence-electron chi connectivity index (χ2n) is 7.12. The molecule has 4 rings (SSSR count). The Balaban J connectivity index is 1.64. The average Bonchev–Trinajstić information content (AvgIpc) is 2.86. The Kier molecular flexibility index (Phi) is 4.53. The molecule has 4 heteroatoms. The van der Waals surface area contributed by atoms with E-state index < -0.39 is 0 Å². The van der Waals surface area contributed by atoms with Gasteiger partial charge in [0, 0.05) is 23.0 Å². The standard InChI is InChI=1S/C21H22ClNO2/c1-23-16-11-12-19(23)20(21(24)25-17-5-3-2-4-6-17)18(13-16)14-7-9-15(22)10-8-14/h2-10,16,18-20H,11-13H2,1H3/t16-,18?,19?,20+/m1/s1. The molecule has 0 spiro atoms. The van der Waals surface area contributed by atoms with E-state index in [1.807, 2.05) is 42.5 Å². The Bertz CT molecular complexity index is 746. The number of halogens is 1. The lowest BCUT2D eigenvalue weighted by Gasteiger charge is -2.41. The summed E-state index contributed by atoms with van der Waals surface area (Å²) < 4.78 is 5.74. The molecule has 0 aliphatic carbocycles. The van der Waals surface area contributed by atoms with E-state index in [0.29, 0.717) is 11.8 Å². The first kappa shape index (κ1) is 16.6. The van der Waals surface area contributed by atoms with E-state index in [1.165, 1.54) is 5.56 Å². The molecule has 0 aromatic heterocycles. The second kappa shape index (κ2) is 6.81. The van der Waals surface area contributed by atoms with E-state index >= 15 is 0 Å². The minimum atomic E-state index is -0.148. The second-order valence-corrected chi connectivity index (χ2v) is 7.55. The number of fused-ring (bicyclic) bond motifs is 2. The summed E-state index contributed by atoms with van der Waals surface area (Å²) in [6.07, 6.45) is 3.20. The smallest absolute Gasteiger partial charge is 0.316 e. The maximum atomic E-state index is 13.1. The Hall–Kier alpha value is -1.84. The molecular formula is C21H22ClNO2. The van der Waals surface area contributed by atoms with Crippen molar-refractivity contribution in [3.05, 3.63) is 65.2 Å². The number of esters is 1. The van der Waals surface area contributed by atoms with Gasteiger partial charge in [-0.2, -0.15) is 0 Å². The fourth-order valence-corrected chi connectivity index (χ4v) is 4.64. The Morgan fingerprint density at radius 3 is 2.52 bits per heavy atom. The lowest BCUT2D eigenvalue weighted by atomic mass is 9.76. The zero-order valence-electron chi connectivity index (χ0n) is 14.3. The molecule has 0 saturated carbocycles. The van der Waals surface area contributed by atoms with Crippen molar-refractivity contribution < 1.29 is 9.53 Å². The highest BCUT2D eigenvalue weighted by molar-refractivity contribution is 6.30. The number of benzene rings is 2. The van der Waals surface area contributed by atoms with Gasteiger partial charge >= 0.3 is 5.97 Å². The van der Waals surface area contributed by atoms with Gasteiger partial charge in [0.15, 0.2) is 0 Å². The van der Waals surface area contributed by atoms with Crippen molar-refractivity contribution in [3.8, 4) is 5.75 Å². The quantitative estimate of drug-likeness (QED) is 0.599. The highest BCUT2D eigenvalue weighted by Gasteiger charge is 2.49. The van der Waals surface area contributed by atoms with Gasteiger partial charge in [-0.05, 0) is 56.1 Å². The third-order valence-electron chi connectivity index (χ3n) is 5.80. The number of piperidine rings is 1. The number of hydrogen-bond acceptors (Lipinski definition) is 3. The molecule has 2 bridgehead atoms. The number of carbonyl (C=O) groups is 1. The van der Waals surface area contributed by atoms with Gasteiger partial charge in [0.2, 0.25) is 0 Å². The topological polar surface area (TPSA) is 29.5 Å². The van der Waals surface area contributed by atoms with E-state index in [4.69, 9.17) is 16.3 Å². The van der Waals surface area contributed by atoms with Crippen molar-refractivity contribution in [2.24, 2.45) is 5.92 Å². The summed E-state index contributed by atoms with van der Waals surface area (Å²) in [7, 11) is 2.14.